The van der Waals surface area contributed by atoms with Gasteiger partial charge in [0.2, 0.25) is 0 Å². The monoisotopic (exact) mass is 273 g/mol. The highest BCUT2D eigenvalue weighted by Gasteiger charge is 2.26. The highest BCUT2D eigenvalue weighted by Crippen LogP contribution is 2.17. The van der Waals surface area contributed by atoms with Crippen molar-refractivity contribution in [3.05, 3.63) is 0 Å². The molecule has 0 aromatic heterocycles. The zero-order valence-corrected chi connectivity index (χ0v) is 11.5. The zero-order valence-electron chi connectivity index (χ0n) is 11.5. The summed E-state index contributed by atoms with van der Waals surface area (Å²) < 4.78 is 0. The highest BCUT2D eigenvalue weighted by atomic mass is 16.4. The third-order valence-electron chi connectivity index (χ3n) is 3.30. The molecule has 2 amide bonds. The lowest BCUT2D eigenvalue weighted by molar-refractivity contribution is -0.140. The van der Waals surface area contributed by atoms with Gasteiger partial charge in [-0.1, -0.05) is 0 Å². The van der Waals surface area contributed by atoms with Crippen molar-refractivity contribution in [2.75, 3.05) is 40.3 Å². The van der Waals surface area contributed by atoms with Crippen molar-refractivity contribution >= 4 is 12.0 Å². The number of aliphatic carboxylic acids is 1. The van der Waals surface area contributed by atoms with E-state index in [1.165, 1.54) is 0 Å². The summed E-state index contributed by atoms with van der Waals surface area (Å²) in [6.45, 7) is 1.66. The van der Waals surface area contributed by atoms with Crippen molar-refractivity contribution in [2.24, 2.45) is 5.92 Å². The van der Waals surface area contributed by atoms with Gasteiger partial charge in [0, 0.05) is 19.6 Å². The fourth-order valence-corrected chi connectivity index (χ4v) is 2.26. The number of carboxylic acids is 1. The Hall–Kier alpha value is -1.34. The lowest BCUT2D eigenvalue weighted by Crippen LogP contribution is -2.51. The number of aliphatic hydroxyl groups is 1. The Balaban J connectivity index is 2.38. The van der Waals surface area contributed by atoms with Crippen LogP contribution >= 0.6 is 0 Å². The van der Waals surface area contributed by atoms with Gasteiger partial charge in [-0.15, -0.1) is 0 Å². The van der Waals surface area contributed by atoms with Crippen LogP contribution in [-0.2, 0) is 4.79 Å². The Bertz CT molecular complexity index is 314. The SMILES string of the molecule is CN(C)CC1CCN(C(=O)N[C@H](CO)C(=O)O)CC1. The van der Waals surface area contributed by atoms with E-state index < -0.39 is 24.6 Å². The van der Waals surface area contributed by atoms with Crippen molar-refractivity contribution in [3.63, 3.8) is 0 Å². The molecule has 1 aliphatic heterocycles. The van der Waals surface area contributed by atoms with Gasteiger partial charge in [0.15, 0.2) is 6.04 Å². The second kappa shape index (κ2) is 7.30. The Kier molecular flexibility index (Phi) is 6.04. The number of aliphatic hydroxyl groups excluding tert-OH is 1. The van der Waals surface area contributed by atoms with Crippen LogP contribution in [0.3, 0.4) is 0 Å². The minimum Gasteiger partial charge on any atom is -0.480 e. The normalized spacial score (nSPS) is 18.4. The van der Waals surface area contributed by atoms with Crippen LogP contribution in [0, 0.1) is 5.92 Å². The summed E-state index contributed by atoms with van der Waals surface area (Å²) in [7, 11) is 4.05. The molecule has 0 saturated carbocycles. The Labute approximate surface area is 113 Å². The smallest absolute Gasteiger partial charge is 0.328 e. The zero-order chi connectivity index (χ0) is 14.4. The molecule has 0 aromatic carbocycles. The molecule has 1 aliphatic rings. The van der Waals surface area contributed by atoms with Crippen molar-refractivity contribution in [2.45, 2.75) is 18.9 Å². The summed E-state index contributed by atoms with van der Waals surface area (Å²) in [5, 5.41) is 19.9. The second-order valence-corrected chi connectivity index (χ2v) is 5.22. The summed E-state index contributed by atoms with van der Waals surface area (Å²) in [6, 6.07) is -1.64. The van der Waals surface area contributed by atoms with Crippen LogP contribution in [0.2, 0.25) is 0 Å². The lowest BCUT2D eigenvalue weighted by atomic mass is 9.96. The topological polar surface area (TPSA) is 93.1 Å². The first-order chi connectivity index (χ1) is 8.93. The standard InChI is InChI=1S/C12H23N3O4/c1-14(2)7-9-3-5-15(6-4-9)12(19)13-10(8-16)11(17)18/h9-10,16H,3-8H2,1-2H3,(H,13,19)(H,17,18)/t10-/m1/s1. The number of carboxylic acid groups (broad SMARTS) is 1. The highest BCUT2D eigenvalue weighted by molar-refractivity contribution is 5.82. The summed E-state index contributed by atoms with van der Waals surface area (Å²) in [6.07, 6.45) is 1.84. The van der Waals surface area contributed by atoms with E-state index in [0.29, 0.717) is 19.0 Å². The van der Waals surface area contributed by atoms with E-state index >= 15 is 0 Å². The molecule has 19 heavy (non-hydrogen) atoms. The minimum absolute atomic E-state index is 0.412. The summed E-state index contributed by atoms with van der Waals surface area (Å²) in [4.78, 5) is 26.3. The number of piperidine rings is 1. The predicted molar refractivity (Wildman–Crippen MR) is 69.9 cm³/mol. The van der Waals surface area contributed by atoms with E-state index in [9.17, 15) is 9.59 Å². The molecule has 0 radical (unpaired) electrons. The van der Waals surface area contributed by atoms with Crippen LogP contribution in [-0.4, -0.2) is 78.4 Å². The molecule has 3 N–H and O–H groups in total. The molecule has 1 saturated heterocycles. The molecular weight excluding hydrogens is 250 g/mol. The average Bonchev–Trinajstić information content (AvgIpc) is 2.35. The van der Waals surface area contributed by atoms with Gasteiger partial charge in [-0.05, 0) is 32.9 Å². The van der Waals surface area contributed by atoms with E-state index in [4.69, 9.17) is 10.2 Å². The molecule has 110 valence electrons. The quantitative estimate of drug-likeness (QED) is 0.623. The molecule has 0 aromatic rings. The van der Waals surface area contributed by atoms with Gasteiger partial charge < -0.3 is 25.3 Å². The van der Waals surface area contributed by atoms with Gasteiger partial charge in [-0.2, -0.15) is 0 Å². The molecule has 1 fully saturated rings. The fraction of sp³-hybridized carbons (Fsp3) is 0.833. The van der Waals surface area contributed by atoms with E-state index in [0.717, 1.165) is 19.4 Å². The molecule has 0 spiro atoms. The van der Waals surface area contributed by atoms with Crippen molar-refractivity contribution in [3.8, 4) is 0 Å². The third kappa shape index (κ3) is 5.04. The summed E-state index contributed by atoms with van der Waals surface area (Å²) in [5.74, 6) is -0.648. The van der Waals surface area contributed by atoms with E-state index in [1.807, 2.05) is 14.1 Å². The maximum Gasteiger partial charge on any atom is 0.328 e. The van der Waals surface area contributed by atoms with Gasteiger partial charge in [-0.3, -0.25) is 0 Å². The summed E-state index contributed by atoms with van der Waals surface area (Å²) >= 11 is 0. The number of nitrogens with one attached hydrogen (secondary N) is 1. The van der Waals surface area contributed by atoms with E-state index in [1.54, 1.807) is 4.90 Å². The molecule has 7 heteroatoms. The molecular formula is C12H23N3O4. The van der Waals surface area contributed by atoms with Crippen LogP contribution in [0.25, 0.3) is 0 Å². The first-order valence-electron chi connectivity index (χ1n) is 6.48. The van der Waals surface area contributed by atoms with Crippen molar-refractivity contribution in [1.29, 1.82) is 0 Å². The first kappa shape index (κ1) is 15.7. The molecule has 0 bridgehead atoms. The molecule has 0 aliphatic carbocycles. The maximum absolute atomic E-state index is 11.8. The molecule has 1 rings (SSSR count). The number of nitrogens with zero attached hydrogens (tertiary/aromatic N) is 2. The number of carbonyl (C=O) groups excluding carboxylic acids is 1. The number of hydrogen-bond acceptors (Lipinski definition) is 4. The van der Waals surface area contributed by atoms with Gasteiger partial charge in [0.05, 0.1) is 6.61 Å². The van der Waals surface area contributed by atoms with Gasteiger partial charge in [0.25, 0.3) is 0 Å². The number of amides is 2. The average molecular weight is 273 g/mol. The molecule has 1 atom stereocenters. The van der Waals surface area contributed by atoms with Gasteiger partial charge >= 0.3 is 12.0 Å². The molecule has 7 nitrogen and oxygen atoms in total. The van der Waals surface area contributed by atoms with E-state index in [2.05, 4.69) is 10.2 Å². The predicted octanol–water partition coefficient (Wildman–Crippen LogP) is -0.585. The van der Waals surface area contributed by atoms with Crippen LogP contribution in [0.1, 0.15) is 12.8 Å². The maximum atomic E-state index is 11.8. The van der Waals surface area contributed by atoms with Gasteiger partial charge in [0.1, 0.15) is 0 Å². The minimum atomic E-state index is -1.23. The van der Waals surface area contributed by atoms with Crippen molar-refractivity contribution < 1.29 is 19.8 Å². The number of hydrogen-bond donors (Lipinski definition) is 3. The molecule has 0 unspecified atom stereocenters. The second-order valence-electron chi connectivity index (χ2n) is 5.22. The molecule has 1 heterocycles. The largest absolute Gasteiger partial charge is 0.480 e. The Morgan fingerprint density at radius 2 is 1.95 bits per heavy atom. The third-order valence-corrected chi connectivity index (χ3v) is 3.30. The lowest BCUT2D eigenvalue weighted by Gasteiger charge is -2.33. The van der Waals surface area contributed by atoms with E-state index in [-0.39, 0.29) is 0 Å². The van der Waals surface area contributed by atoms with Gasteiger partial charge in [-0.25, -0.2) is 9.59 Å². The van der Waals surface area contributed by atoms with Crippen LogP contribution in [0.4, 0.5) is 4.79 Å². The number of likely N-dealkylation sites (tertiary alicyclic amines) is 1. The van der Waals surface area contributed by atoms with Crippen LogP contribution < -0.4 is 5.32 Å². The van der Waals surface area contributed by atoms with Crippen LogP contribution in [0.5, 0.6) is 0 Å². The Morgan fingerprint density at radius 1 is 1.37 bits per heavy atom. The fourth-order valence-electron chi connectivity index (χ4n) is 2.26. The Morgan fingerprint density at radius 3 is 2.37 bits per heavy atom. The van der Waals surface area contributed by atoms with Crippen molar-refractivity contribution in [1.82, 2.24) is 15.1 Å². The summed E-state index contributed by atoms with van der Waals surface area (Å²) in [5.41, 5.74) is 0. The van der Waals surface area contributed by atoms with Crippen LogP contribution in [0.15, 0.2) is 0 Å². The number of urea groups is 1. The number of rotatable bonds is 5. The number of carbonyl (C=O) groups is 2. The first-order valence-corrected chi connectivity index (χ1v) is 6.48.